The van der Waals surface area contributed by atoms with Gasteiger partial charge < -0.3 is 5.11 Å². The normalized spacial score (nSPS) is 16.1. The smallest absolute Gasteiger partial charge is 0.249 e. The first kappa shape index (κ1) is 16.4. The van der Waals surface area contributed by atoms with Crippen LogP contribution >= 0.6 is 11.6 Å². The zero-order chi connectivity index (χ0) is 17.1. The molecule has 3 rings (SSSR count). The summed E-state index contributed by atoms with van der Waals surface area (Å²) in [5.74, 6) is -0.109. The molecule has 1 aromatic heterocycles. The van der Waals surface area contributed by atoms with E-state index in [1.807, 2.05) is 25.1 Å². The van der Waals surface area contributed by atoms with Crippen LogP contribution in [-0.4, -0.2) is 38.6 Å². The number of halogens is 1. The van der Waals surface area contributed by atoms with Gasteiger partial charge >= 0.3 is 0 Å². The molecule has 0 saturated heterocycles. The lowest BCUT2D eigenvalue weighted by molar-refractivity contribution is -0.121. The lowest BCUT2D eigenvalue weighted by Gasteiger charge is -2.43. The van der Waals surface area contributed by atoms with Crippen molar-refractivity contribution < 1.29 is 9.90 Å². The molecule has 1 atom stereocenters. The van der Waals surface area contributed by atoms with Gasteiger partial charge in [0.25, 0.3) is 0 Å². The van der Waals surface area contributed by atoms with E-state index in [9.17, 15) is 9.90 Å². The Labute approximate surface area is 145 Å². The number of amides is 1. The summed E-state index contributed by atoms with van der Waals surface area (Å²) >= 11 is 5.97. The Morgan fingerprint density at radius 1 is 1.25 bits per heavy atom. The Bertz CT molecular complexity index is 749. The molecule has 1 amide bonds. The molecule has 0 bridgehead atoms. The molecule has 1 aromatic carbocycles. The van der Waals surface area contributed by atoms with Gasteiger partial charge in [-0.1, -0.05) is 23.7 Å². The van der Waals surface area contributed by atoms with Crippen LogP contribution in [-0.2, 0) is 4.79 Å². The van der Waals surface area contributed by atoms with Gasteiger partial charge in [-0.15, -0.1) is 0 Å². The fourth-order valence-corrected chi connectivity index (χ4v) is 2.77. The average molecular weight is 345 g/mol. The van der Waals surface area contributed by atoms with E-state index in [1.54, 1.807) is 29.5 Å². The molecule has 7 heteroatoms. The molecule has 0 aliphatic carbocycles. The minimum atomic E-state index is -0.309. The molecule has 0 saturated carbocycles. The van der Waals surface area contributed by atoms with Gasteiger partial charge in [0.15, 0.2) is 0 Å². The van der Waals surface area contributed by atoms with Crippen molar-refractivity contribution in [3.63, 3.8) is 0 Å². The maximum atomic E-state index is 12.5. The minimum Gasteiger partial charge on any atom is -0.394 e. The second-order valence-corrected chi connectivity index (χ2v) is 5.92. The quantitative estimate of drug-likeness (QED) is 0.922. The van der Waals surface area contributed by atoms with Crippen molar-refractivity contribution in [2.24, 2.45) is 0 Å². The van der Waals surface area contributed by atoms with Crippen LogP contribution in [0.4, 0.5) is 5.69 Å². The van der Waals surface area contributed by atoms with Gasteiger partial charge in [0.1, 0.15) is 12.0 Å². The number of hydrazine groups is 1. The number of hydrogen-bond acceptors (Lipinski definition) is 5. The van der Waals surface area contributed by atoms with E-state index in [0.29, 0.717) is 10.7 Å². The van der Waals surface area contributed by atoms with Gasteiger partial charge in [0.2, 0.25) is 5.91 Å². The Hall–Kier alpha value is -2.44. The summed E-state index contributed by atoms with van der Waals surface area (Å²) in [5, 5.41) is 13.6. The molecule has 124 valence electrons. The third-order valence-corrected chi connectivity index (χ3v) is 4.03. The van der Waals surface area contributed by atoms with E-state index in [1.165, 1.54) is 11.3 Å². The van der Waals surface area contributed by atoms with Crippen LogP contribution in [0.1, 0.15) is 18.9 Å². The molecule has 1 unspecified atom stereocenters. The molecular formula is C17H17ClN4O2. The highest BCUT2D eigenvalue weighted by Crippen LogP contribution is 2.32. The Morgan fingerprint density at radius 2 is 1.92 bits per heavy atom. The highest BCUT2D eigenvalue weighted by Gasteiger charge is 2.33. The molecule has 0 spiro atoms. The molecule has 1 N–H and O–H groups in total. The molecular weight excluding hydrogens is 328 g/mol. The fourth-order valence-electron chi connectivity index (χ4n) is 2.64. The van der Waals surface area contributed by atoms with E-state index in [-0.39, 0.29) is 25.0 Å². The third kappa shape index (κ3) is 3.11. The molecule has 0 fully saturated rings. The second-order valence-electron chi connectivity index (χ2n) is 5.48. The van der Waals surface area contributed by atoms with E-state index < -0.39 is 0 Å². The first-order valence-electron chi connectivity index (χ1n) is 7.56. The molecule has 1 aliphatic rings. The van der Waals surface area contributed by atoms with Gasteiger partial charge in [0.05, 0.1) is 30.7 Å². The Kier molecular flexibility index (Phi) is 4.78. The number of rotatable bonds is 4. The van der Waals surface area contributed by atoms with E-state index in [0.717, 1.165) is 11.3 Å². The van der Waals surface area contributed by atoms with Crippen LogP contribution in [0.5, 0.6) is 0 Å². The highest BCUT2D eigenvalue weighted by molar-refractivity contribution is 6.30. The summed E-state index contributed by atoms with van der Waals surface area (Å²) in [6, 6.07) is 7.07. The number of aliphatic hydroxyl groups excluding tert-OH is 1. The average Bonchev–Trinajstić information content (AvgIpc) is 2.62. The number of aromatic nitrogens is 2. The summed E-state index contributed by atoms with van der Waals surface area (Å²) in [6.07, 6.45) is 6.67. The predicted molar refractivity (Wildman–Crippen MR) is 92.0 cm³/mol. The minimum absolute atomic E-state index is 0.109. The molecule has 2 heterocycles. The molecule has 1 aliphatic heterocycles. The third-order valence-electron chi connectivity index (χ3n) is 3.78. The van der Waals surface area contributed by atoms with Crippen molar-refractivity contribution in [3.8, 4) is 0 Å². The number of aliphatic hydroxyl groups is 1. The summed E-state index contributed by atoms with van der Waals surface area (Å²) in [7, 11) is 0. The van der Waals surface area contributed by atoms with Crippen molar-refractivity contribution in [3.05, 3.63) is 59.6 Å². The lowest BCUT2D eigenvalue weighted by atomic mass is 10.1. The largest absolute Gasteiger partial charge is 0.394 e. The number of nitrogens with zero attached hydrogens (tertiary/aromatic N) is 4. The predicted octanol–water partition coefficient (Wildman–Crippen LogP) is 2.51. The van der Waals surface area contributed by atoms with E-state index in [4.69, 9.17) is 11.6 Å². The highest BCUT2D eigenvalue weighted by atomic mass is 35.5. The van der Waals surface area contributed by atoms with Crippen LogP contribution in [0.25, 0.3) is 5.70 Å². The van der Waals surface area contributed by atoms with Crippen LogP contribution < -0.4 is 5.01 Å². The topological polar surface area (TPSA) is 69.6 Å². The van der Waals surface area contributed by atoms with Gasteiger partial charge in [0, 0.05) is 11.4 Å². The summed E-state index contributed by atoms with van der Waals surface area (Å²) in [4.78, 5) is 20.5. The maximum absolute atomic E-state index is 12.5. The standard InChI is InChI=1S/C17H17ClN4O2/c1-12(10-23)21-16(13-2-4-14(18)5-3-13)6-7-17(24)22(21)15-8-19-11-20-9-15/h2-6,8-9,11-12,23H,7,10H2,1H3. The van der Waals surface area contributed by atoms with Gasteiger partial charge in [-0.05, 0) is 30.7 Å². The molecule has 24 heavy (non-hydrogen) atoms. The zero-order valence-corrected chi connectivity index (χ0v) is 13.9. The fraction of sp³-hybridized carbons (Fsp3) is 0.235. The SMILES string of the molecule is CC(CO)N1C(c2ccc(Cl)cc2)=CCC(=O)N1c1cncnc1. The first-order chi connectivity index (χ1) is 11.6. The summed E-state index contributed by atoms with van der Waals surface area (Å²) in [6.45, 7) is 1.74. The van der Waals surface area contributed by atoms with E-state index in [2.05, 4.69) is 9.97 Å². The number of carbonyl (C=O) groups excluding carboxylic acids is 1. The van der Waals surface area contributed by atoms with E-state index >= 15 is 0 Å². The van der Waals surface area contributed by atoms with Crippen LogP contribution in [0, 0.1) is 0 Å². The number of carbonyl (C=O) groups is 1. The molecule has 6 nitrogen and oxygen atoms in total. The van der Waals surface area contributed by atoms with Crippen molar-refractivity contribution in [1.82, 2.24) is 15.0 Å². The molecule has 2 aromatic rings. The van der Waals surface area contributed by atoms with Gasteiger partial charge in [-0.2, -0.15) is 0 Å². The van der Waals surface area contributed by atoms with Crippen molar-refractivity contribution >= 4 is 28.9 Å². The van der Waals surface area contributed by atoms with Gasteiger partial charge in [-0.3, -0.25) is 9.80 Å². The second kappa shape index (κ2) is 6.98. The zero-order valence-electron chi connectivity index (χ0n) is 13.1. The van der Waals surface area contributed by atoms with Gasteiger partial charge in [-0.25, -0.2) is 15.0 Å². The summed E-state index contributed by atoms with van der Waals surface area (Å²) in [5.41, 5.74) is 2.30. The lowest BCUT2D eigenvalue weighted by Crippen LogP contribution is -2.53. The summed E-state index contributed by atoms with van der Waals surface area (Å²) < 4.78 is 0. The maximum Gasteiger partial charge on any atom is 0.249 e. The Morgan fingerprint density at radius 3 is 2.54 bits per heavy atom. The van der Waals surface area contributed by atoms with Crippen molar-refractivity contribution in [2.75, 3.05) is 11.6 Å². The molecule has 0 radical (unpaired) electrons. The monoisotopic (exact) mass is 344 g/mol. The van der Waals surface area contributed by atoms with Crippen molar-refractivity contribution in [1.29, 1.82) is 0 Å². The Balaban J connectivity index is 2.08. The van der Waals surface area contributed by atoms with Crippen LogP contribution in [0.2, 0.25) is 5.02 Å². The van der Waals surface area contributed by atoms with Crippen LogP contribution in [0.15, 0.2) is 49.1 Å². The number of benzene rings is 1. The van der Waals surface area contributed by atoms with Crippen LogP contribution in [0.3, 0.4) is 0 Å². The first-order valence-corrected chi connectivity index (χ1v) is 7.93. The number of anilines is 1. The van der Waals surface area contributed by atoms with Crippen molar-refractivity contribution in [2.45, 2.75) is 19.4 Å². The number of hydrogen-bond donors (Lipinski definition) is 1.